The molecule has 0 spiro atoms. The molecule has 0 aliphatic carbocycles. The molecule has 0 aliphatic rings. The minimum atomic E-state index is -0.581. The molecule has 4 aromatic rings. The summed E-state index contributed by atoms with van der Waals surface area (Å²) in [6.45, 7) is 3.57. The number of para-hydroxylation sites is 1. The molecule has 4 rings (SSSR count). The zero-order chi connectivity index (χ0) is 22.8. The first-order valence-corrected chi connectivity index (χ1v) is 11.8. The predicted octanol–water partition coefficient (Wildman–Crippen LogP) is 5.40. The molecule has 0 radical (unpaired) electrons. The molecule has 1 unspecified atom stereocenters. The molecule has 9 heteroatoms. The van der Waals surface area contributed by atoms with Crippen LogP contribution in [0.2, 0.25) is 5.02 Å². The molecule has 0 saturated carbocycles. The van der Waals surface area contributed by atoms with Crippen molar-refractivity contribution in [2.24, 2.45) is 0 Å². The van der Waals surface area contributed by atoms with Crippen LogP contribution in [0.4, 0.5) is 5.00 Å². The standard InChI is InChI=1S/C23H17ClN4O2S2/c1-13-17(24)7-5-9-19(13)28-22(30)16-6-3-4-8-18(16)26-23(28)32-14(2)20(29)27-21-15(12-25)10-11-31-21/h3-11,14H,1-2H3,(H,27,29). The fraction of sp³-hybridized carbons (Fsp3) is 0.130. The largest absolute Gasteiger partial charge is 0.316 e. The maximum Gasteiger partial charge on any atom is 0.266 e. The number of halogens is 1. The lowest BCUT2D eigenvalue weighted by molar-refractivity contribution is -0.115. The Morgan fingerprint density at radius 3 is 2.81 bits per heavy atom. The second kappa shape index (κ2) is 9.17. The monoisotopic (exact) mass is 480 g/mol. The number of benzene rings is 2. The Morgan fingerprint density at radius 2 is 2.03 bits per heavy atom. The number of hydrogen-bond donors (Lipinski definition) is 1. The van der Waals surface area contributed by atoms with Crippen molar-refractivity contribution in [3.05, 3.63) is 80.4 Å². The normalized spacial score (nSPS) is 11.8. The third-order valence-electron chi connectivity index (χ3n) is 4.90. The van der Waals surface area contributed by atoms with E-state index >= 15 is 0 Å². The third-order valence-corrected chi connectivity index (χ3v) is 7.19. The lowest BCUT2D eigenvalue weighted by Crippen LogP contribution is -2.26. The Morgan fingerprint density at radius 1 is 1.25 bits per heavy atom. The lowest BCUT2D eigenvalue weighted by Gasteiger charge is -2.18. The van der Waals surface area contributed by atoms with Gasteiger partial charge in [-0.2, -0.15) is 5.26 Å². The van der Waals surface area contributed by atoms with Gasteiger partial charge in [0.15, 0.2) is 5.16 Å². The minimum Gasteiger partial charge on any atom is -0.316 e. The van der Waals surface area contributed by atoms with Crippen LogP contribution in [0.15, 0.2) is 63.9 Å². The molecule has 0 fully saturated rings. The molecule has 2 aromatic carbocycles. The predicted molar refractivity (Wildman–Crippen MR) is 130 cm³/mol. The second-order valence-corrected chi connectivity index (χ2v) is 9.59. The summed E-state index contributed by atoms with van der Waals surface area (Å²) in [7, 11) is 0. The quantitative estimate of drug-likeness (QED) is 0.305. The van der Waals surface area contributed by atoms with Crippen molar-refractivity contribution in [2.45, 2.75) is 24.3 Å². The number of nitrogens with zero attached hydrogens (tertiary/aromatic N) is 3. The maximum absolute atomic E-state index is 13.4. The van der Waals surface area contributed by atoms with Crippen molar-refractivity contribution >= 4 is 56.5 Å². The SMILES string of the molecule is Cc1c(Cl)cccc1-n1c(SC(C)C(=O)Nc2sccc2C#N)nc2ccccc2c1=O. The fourth-order valence-electron chi connectivity index (χ4n) is 3.16. The summed E-state index contributed by atoms with van der Waals surface area (Å²) >= 11 is 8.77. The van der Waals surface area contributed by atoms with Gasteiger partial charge in [-0.3, -0.25) is 14.2 Å². The van der Waals surface area contributed by atoms with Crippen LogP contribution >= 0.6 is 34.7 Å². The molecule has 0 saturated heterocycles. The van der Waals surface area contributed by atoms with Crippen LogP contribution in [0.25, 0.3) is 16.6 Å². The first-order valence-electron chi connectivity index (χ1n) is 9.63. The zero-order valence-electron chi connectivity index (χ0n) is 17.1. The molecule has 1 atom stereocenters. The summed E-state index contributed by atoms with van der Waals surface area (Å²) < 4.78 is 1.50. The third kappa shape index (κ3) is 4.15. The van der Waals surface area contributed by atoms with Crippen LogP contribution < -0.4 is 10.9 Å². The molecule has 0 aliphatic heterocycles. The fourth-order valence-corrected chi connectivity index (χ4v) is 4.99. The number of aromatic nitrogens is 2. The van der Waals surface area contributed by atoms with E-state index in [1.807, 2.05) is 13.0 Å². The molecule has 32 heavy (non-hydrogen) atoms. The minimum absolute atomic E-state index is 0.235. The smallest absolute Gasteiger partial charge is 0.266 e. The van der Waals surface area contributed by atoms with Crippen molar-refractivity contribution in [1.82, 2.24) is 9.55 Å². The average molecular weight is 481 g/mol. The van der Waals surface area contributed by atoms with Gasteiger partial charge in [0.25, 0.3) is 5.56 Å². The van der Waals surface area contributed by atoms with Crippen molar-refractivity contribution < 1.29 is 4.79 Å². The zero-order valence-corrected chi connectivity index (χ0v) is 19.5. The highest BCUT2D eigenvalue weighted by atomic mass is 35.5. The molecule has 2 aromatic heterocycles. The van der Waals surface area contributed by atoms with E-state index in [0.717, 1.165) is 5.56 Å². The van der Waals surface area contributed by atoms with Crippen LogP contribution in [0.5, 0.6) is 0 Å². The number of fused-ring (bicyclic) bond motifs is 1. The molecular formula is C23H17ClN4O2S2. The molecular weight excluding hydrogens is 464 g/mol. The maximum atomic E-state index is 13.4. The van der Waals surface area contributed by atoms with E-state index in [2.05, 4.69) is 16.4 Å². The Balaban J connectivity index is 1.78. The summed E-state index contributed by atoms with van der Waals surface area (Å²) in [6, 6.07) is 16.2. The number of amides is 1. The number of carbonyl (C=O) groups excluding carboxylic acids is 1. The van der Waals surface area contributed by atoms with E-state index in [-0.39, 0.29) is 11.5 Å². The molecule has 1 N–H and O–H groups in total. The topological polar surface area (TPSA) is 87.8 Å². The molecule has 6 nitrogen and oxygen atoms in total. The number of anilines is 1. The number of thioether (sulfide) groups is 1. The van der Waals surface area contributed by atoms with Gasteiger partial charge in [-0.1, -0.05) is 41.6 Å². The van der Waals surface area contributed by atoms with Gasteiger partial charge in [0.1, 0.15) is 11.1 Å². The van der Waals surface area contributed by atoms with Gasteiger partial charge in [0.2, 0.25) is 5.91 Å². The first kappa shape index (κ1) is 22.1. The second-order valence-electron chi connectivity index (χ2n) is 6.96. The van der Waals surface area contributed by atoms with Crippen molar-refractivity contribution in [3.63, 3.8) is 0 Å². The Bertz CT molecular complexity index is 1440. The van der Waals surface area contributed by atoms with Crippen LogP contribution in [0.1, 0.15) is 18.1 Å². The van der Waals surface area contributed by atoms with Gasteiger partial charge < -0.3 is 5.32 Å². The van der Waals surface area contributed by atoms with Gasteiger partial charge in [0.05, 0.1) is 27.4 Å². The van der Waals surface area contributed by atoms with Crippen molar-refractivity contribution in [3.8, 4) is 11.8 Å². The highest BCUT2D eigenvalue weighted by Crippen LogP contribution is 2.30. The summed E-state index contributed by atoms with van der Waals surface area (Å²) in [5, 5.41) is 15.0. The highest BCUT2D eigenvalue weighted by Gasteiger charge is 2.22. The Labute approximate surface area is 197 Å². The Kier molecular flexibility index (Phi) is 6.33. The average Bonchev–Trinajstić information content (AvgIpc) is 3.23. The highest BCUT2D eigenvalue weighted by molar-refractivity contribution is 8.00. The molecule has 0 bridgehead atoms. The van der Waals surface area contributed by atoms with E-state index in [4.69, 9.17) is 11.6 Å². The number of rotatable bonds is 5. The summed E-state index contributed by atoms with van der Waals surface area (Å²) in [4.78, 5) is 31.0. The number of thiophene rings is 1. The van der Waals surface area contributed by atoms with Gasteiger partial charge in [-0.15, -0.1) is 11.3 Å². The van der Waals surface area contributed by atoms with Crippen molar-refractivity contribution in [2.75, 3.05) is 5.32 Å². The molecule has 160 valence electrons. The molecule has 1 amide bonds. The number of carbonyl (C=O) groups is 1. The van der Waals surface area contributed by atoms with Gasteiger partial charge in [0, 0.05) is 5.02 Å². The van der Waals surface area contributed by atoms with Gasteiger partial charge in [-0.05, 0) is 55.1 Å². The summed E-state index contributed by atoms with van der Waals surface area (Å²) in [6.07, 6.45) is 0. The number of nitriles is 1. The van der Waals surface area contributed by atoms with Crippen LogP contribution in [-0.2, 0) is 4.79 Å². The lowest BCUT2D eigenvalue weighted by atomic mass is 10.2. The van der Waals surface area contributed by atoms with E-state index in [9.17, 15) is 14.9 Å². The van der Waals surface area contributed by atoms with Gasteiger partial charge in [-0.25, -0.2) is 4.98 Å². The van der Waals surface area contributed by atoms with Gasteiger partial charge >= 0.3 is 0 Å². The first-order chi connectivity index (χ1) is 15.4. The van der Waals surface area contributed by atoms with E-state index in [1.165, 1.54) is 27.7 Å². The van der Waals surface area contributed by atoms with Crippen LogP contribution in [0, 0.1) is 18.3 Å². The van der Waals surface area contributed by atoms with E-state index in [0.29, 0.717) is 37.3 Å². The molecule has 2 heterocycles. The van der Waals surface area contributed by atoms with Crippen LogP contribution in [-0.4, -0.2) is 20.7 Å². The van der Waals surface area contributed by atoms with Crippen LogP contribution in [0.3, 0.4) is 0 Å². The summed E-state index contributed by atoms with van der Waals surface area (Å²) in [5.41, 5.74) is 2.08. The van der Waals surface area contributed by atoms with E-state index in [1.54, 1.807) is 54.8 Å². The Hall–Kier alpha value is -3.12. The number of nitrogens with one attached hydrogen (secondary N) is 1. The summed E-state index contributed by atoms with van der Waals surface area (Å²) in [5.74, 6) is -0.286. The van der Waals surface area contributed by atoms with E-state index < -0.39 is 5.25 Å². The van der Waals surface area contributed by atoms with Crippen molar-refractivity contribution in [1.29, 1.82) is 5.26 Å². The number of hydrogen-bond acceptors (Lipinski definition) is 6.